The summed E-state index contributed by atoms with van der Waals surface area (Å²) in [6, 6.07) is -0.0949. The van der Waals surface area contributed by atoms with Crippen LogP contribution in [0.4, 0.5) is 4.79 Å². The Kier molecular flexibility index (Phi) is 1.59. The van der Waals surface area contributed by atoms with E-state index < -0.39 is 0 Å². The summed E-state index contributed by atoms with van der Waals surface area (Å²) in [6.45, 7) is 2.10. The number of carbonyl (C=O) groups excluding carboxylic acids is 1. The fourth-order valence-electron chi connectivity index (χ4n) is 0.637. The quantitative estimate of drug-likeness (QED) is 0.467. The van der Waals surface area contributed by atoms with Gasteiger partial charge < -0.3 is 10.1 Å². The first kappa shape index (κ1) is 5.96. The second-order valence-corrected chi connectivity index (χ2v) is 1.69. The van der Waals surface area contributed by atoms with Crippen LogP contribution in [0.25, 0.3) is 0 Å². The molecule has 1 aliphatic heterocycles. The highest BCUT2D eigenvalue weighted by Crippen LogP contribution is 1.94. The summed E-state index contributed by atoms with van der Waals surface area (Å²) in [5.74, 6) is 5.45. The van der Waals surface area contributed by atoms with Crippen LogP contribution in [-0.4, -0.2) is 18.7 Å². The fourth-order valence-corrected chi connectivity index (χ4v) is 0.637. The molecule has 1 unspecified atom stereocenters. The van der Waals surface area contributed by atoms with E-state index in [0.29, 0.717) is 6.61 Å². The third kappa shape index (κ3) is 1.36. The number of alkyl carbamates (subject to hydrolysis) is 1. The molecule has 0 aromatic rings. The highest BCUT2D eigenvalue weighted by atomic mass is 16.6. The summed E-state index contributed by atoms with van der Waals surface area (Å²) in [7, 11) is 0. The molecule has 1 rings (SSSR count). The van der Waals surface area contributed by atoms with Gasteiger partial charge in [-0.3, -0.25) is 0 Å². The Hall–Kier alpha value is -1.17. The predicted molar refractivity (Wildman–Crippen MR) is 31.7 cm³/mol. The van der Waals surface area contributed by atoms with Crippen LogP contribution in [0.15, 0.2) is 0 Å². The van der Waals surface area contributed by atoms with Crippen molar-refractivity contribution >= 4 is 6.09 Å². The highest BCUT2D eigenvalue weighted by Gasteiger charge is 2.18. The van der Waals surface area contributed by atoms with Gasteiger partial charge in [0.25, 0.3) is 0 Å². The van der Waals surface area contributed by atoms with Gasteiger partial charge in [0, 0.05) is 0 Å². The summed E-state index contributed by atoms with van der Waals surface area (Å²) < 4.78 is 4.57. The number of nitrogens with one attached hydrogen (secondary N) is 1. The van der Waals surface area contributed by atoms with Gasteiger partial charge in [-0.2, -0.15) is 0 Å². The summed E-state index contributed by atoms with van der Waals surface area (Å²) >= 11 is 0. The number of cyclic esters (lactones) is 1. The normalized spacial score (nSPS) is 23.7. The van der Waals surface area contributed by atoms with Crippen molar-refractivity contribution in [1.82, 2.24) is 5.32 Å². The number of carbonyl (C=O) groups is 1. The van der Waals surface area contributed by atoms with E-state index in [2.05, 4.69) is 21.9 Å². The molecule has 1 heterocycles. The van der Waals surface area contributed by atoms with Gasteiger partial charge in [0.15, 0.2) is 0 Å². The standard InChI is InChI=1S/C6H7NO2/c1-2-3-5-4-9-6(8)7-5/h5H,4H2,1H3,(H,7,8). The molecule has 1 N–H and O–H groups in total. The number of ether oxygens (including phenoxy) is 1. The molecule has 0 saturated carbocycles. The Morgan fingerprint density at radius 2 is 2.67 bits per heavy atom. The molecule has 1 aliphatic rings. The van der Waals surface area contributed by atoms with E-state index >= 15 is 0 Å². The van der Waals surface area contributed by atoms with E-state index in [4.69, 9.17) is 0 Å². The molecule has 1 fully saturated rings. The molecule has 9 heavy (non-hydrogen) atoms. The summed E-state index contributed by atoms with van der Waals surface area (Å²) in [5, 5.41) is 2.52. The van der Waals surface area contributed by atoms with Crippen LogP contribution in [0.1, 0.15) is 6.92 Å². The fraction of sp³-hybridized carbons (Fsp3) is 0.500. The Balaban J connectivity index is 2.45. The molecule has 3 heteroatoms. The van der Waals surface area contributed by atoms with Gasteiger partial charge in [-0.05, 0) is 6.92 Å². The van der Waals surface area contributed by atoms with Gasteiger partial charge >= 0.3 is 6.09 Å². The minimum Gasteiger partial charge on any atom is -0.446 e. The predicted octanol–water partition coefficient (Wildman–Crippen LogP) is 0.118. The highest BCUT2D eigenvalue weighted by molar-refractivity contribution is 5.70. The van der Waals surface area contributed by atoms with Crippen molar-refractivity contribution in [2.45, 2.75) is 13.0 Å². The molecule has 1 atom stereocenters. The summed E-state index contributed by atoms with van der Waals surface area (Å²) in [4.78, 5) is 10.3. The number of hydrogen-bond donors (Lipinski definition) is 1. The second kappa shape index (κ2) is 2.40. The average molecular weight is 125 g/mol. The van der Waals surface area contributed by atoms with Crippen LogP contribution in [0.3, 0.4) is 0 Å². The first-order chi connectivity index (χ1) is 4.33. The van der Waals surface area contributed by atoms with Crippen molar-refractivity contribution < 1.29 is 9.53 Å². The first-order valence-corrected chi connectivity index (χ1v) is 2.68. The lowest BCUT2D eigenvalue weighted by atomic mass is 10.3. The molecule has 0 spiro atoms. The summed E-state index contributed by atoms with van der Waals surface area (Å²) in [6.07, 6.45) is -0.372. The zero-order valence-electron chi connectivity index (χ0n) is 5.10. The number of amides is 1. The average Bonchev–Trinajstić information content (AvgIpc) is 2.17. The minimum absolute atomic E-state index is 0.0949. The topological polar surface area (TPSA) is 38.3 Å². The van der Waals surface area contributed by atoms with Crippen LogP contribution in [0.5, 0.6) is 0 Å². The smallest absolute Gasteiger partial charge is 0.408 e. The minimum atomic E-state index is -0.372. The molecule has 3 nitrogen and oxygen atoms in total. The van der Waals surface area contributed by atoms with Crippen LogP contribution in [-0.2, 0) is 4.74 Å². The van der Waals surface area contributed by atoms with Crippen molar-refractivity contribution in [1.29, 1.82) is 0 Å². The molecule has 0 aromatic heterocycles. The van der Waals surface area contributed by atoms with Gasteiger partial charge in [-0.15, -0.1) is 5.92 Å². The molecule has 0 aliphatic carbocycles. The van der Waals surface area contributed by atoms with Gasteiger partial charge in [-0.25, -0.2) is 4.79 Å². The van der Waals surface area contributed by atoms with Crippen molar-refractivity contribution in [2.24, 2.45) is 0 Å². The lowest BCUT2D eigenvalue weighted by Gasteiger charge is -1.91. The Morgan fingerprint density at radius 3 is 3.11 bits per heavy atom. The number of hydrogen-bond acceptors (Lipinski definition) is 2. The van der Waals surface area contributed by atoms with Crippen LogP contribution < -0.4 is 5.32 Å². The maximum Gasteiger partial charge on any atom is 0.408 e. The number of rotatable bonds is 0. The lowest BCUT2D eigenvalue weighted by molar-refractivity contribution is 0.177. The molecular formula is C6H7NO2. The SMILES string of the molecule is CC#CC1COC(=O)N1. The van der Waals surface area contributed by atoms with Crippen molar-refractivity contribution in [3.05, 3.63) is 0 Å². The van der Waals surface area contributed by atoms with Crippen LogP contribution in [0.2, 0.25) is 0 Å². The van der Waals surface area contributed by atoms with Crippen LogP contribution in [0, 0.1) is 11.8 Å². The van der Waals surface area contributed by atoms with E-state index in [1.807, 2.05) is 0 Å². The Bertz CT molecular complexity index is 177. The molecule has 0 radical (unpaired) electrons. The van der Waals surface area contributed by atoms with Gasteiger partial charge in [0.1, 0.15) is 12.6 Å². The maximum absolute atomic E-state index is 10.3. The molecular weight excluding hydrogens is 118 g/mol. The zero-order valence-corrected chi connectivity index (χ0v) is 5.10. The third-order valence-corrected chi connectivity index (χ3v) is 0.992. The van der Waals surface area contributed by atoms with Crippen molar-refractivity contribution in [2.75, 3.05) is 6.61 Å². The first-order valence-electron chi connectivity index (χ1n) is 2.68. The lowest BCUT2D eigenvalue weighted by Crippen LogP contribution is -2.23. The zero-order chi connectivity index (χ0) is 6.69. The molecule has 0 bridgehead atoms. The molecule has 48 valence electrons. The van der Waals surface area contributed by atoms with E-state index in [0.717, 1.165) is 0 Å². The molecule has 1 saturated heterocycles. The Labute approximate surface area is 53.4 Å². The summed E-state index contributed by atoms with van der Waals surface area (Å²) in [5.41, 5.74) is 0. The monoisotopic (exact) mass is 125 g/mol. The second-order valence-electron chi connectivity index (χ2n) is 1.69. The van der Waals surface area contributed by atoms with Gasteiger partial charge in [-0.1, -0.05) is 5.92 Å². The molecule has 1 amide bonds. The maximum atomic E-state index is 10.3. The Morgan fingerprint density at radius 1 is 1.89 bits per heavy atom. The van der Waals surface area contributed by atoms with Gasteiger partial charge in [0.2, 0.25) is 0 Å². The van der Waals surface area contributed by atoms with Crippen LogP contribution >= 0.6 is 0 Å². The van der Waals surface area contributed by atoms with Gasteiger partial charge in [0.05, 0.1) is 0 Å². The van der Waals surface area contributed by atoms with Crippen molar-refractivity contribution in [3.8, 4) is 11.8 Å². The van der Waals surface area contributed by atoms with E-state index in [1.165, 1.54) is 0 Å². The third-order valence-electron chi connectivity index (χ3n) is 0.992. The van der Waals surface area contributed by atoms with E-state index in [1.54, 1.807) is 6.92 Å². The largest absolute Gasteiger partial charge is 0.446 e. The van der Waals surface area contributed by atoms with E-state index in [-0.39, 0.29) is 12.1 Å². The molecule has 0 aromatic carbocycles. The van der Waals surface area contributed by atoms with Crippen molar-refractivity contribution in [3.63, 3.8) is 0 Å². The van der Waals surface area contributed by atoms with E-state index in [9.17, 15) is 4.79 Å².